The number of likely N-dealkylation sites (tertiary alicyclic amines) is 1. The van der Waals surface area contributed by atoms with Crippen molar-refractivity contribution in [3.05, 3.63) is 0 Å². The highest BCUT2D eigenvalue weighted by Gasteiger charge is 2.31. The monoisotopic (exact) mass is 255 g/mol. The number of rotatable bonds is 5. The van der Waals surface area contributed by atoms with Crippen LogP contribution in [0.1, 0.15) is 45.4 Å². The van der Waals surface area contributed by atoms with Crippen molar-refractivity contribution < 1.29 is 10.2 Å². The van der Waals surface area contributed by atoms with E-state index in [4.69, 9.17) is 5.11 Å². The van der Waals surface area contributed by atoms with E-state index in [9.17, 15) is 5.11 Å². The third-order valence-corrected chi connectivity index (χ3v) is 5.03. The average Bonchev–Trinajstić information content (AvgIpc) is 2.80. The zero-order valence-corrected chi connectivity index (χ0v) is 11.7. The topological polar surface area (TPSA) is 43.7 Å². The predicted octanol–water partition coefficient (Wildman–Crippen LogP) is 1.88. The molecule has 1 aliphatic carbocycles. The molecular weight excluding hydrogens is 226 g/mol. The van der Waals surface area contributed by atoms with Gasteiger partial charge >= 0.3 is 0 Å². The number of hydrogen-bond donors (Lipinski definition) is 2. The minimum Gasteiger partial charge on any atom is -0.396 e. The van der Waals surface area contributed by atoms with E-state index in [1.807, 2.05) is 0 Å². The van der Waals surface area contributed by atoms with Crippen LogP contribution in [0.25, 0.3) is 0 Å². The van der Waals surface area contributed by atoms with Gasteiger partial charge in [-0.1, -0.05) is 13.3 Å². The molecule has 4 unspecified atom stereocenters. The molecule has 2 rings (SSSR count). The molecule has 0 aromatic heterocycles. The fourth-order valence-electron chi connectivity index (χ4n) is 3.74. The minimum absolute atomic E-state index is 0.0790. The first kappa shape index (κ1) is 14.3. The van der Waals surface area contributed by atoms with Crippen LogP contribution in [0.5, 0.6) is 0 Å². The summed E-state index contributed by atoms with van der Waals surface area (Å²) in [6.07, 6.45) is 6.76. The van der Waals surface area contributed by atoms with E-state index < -0.39 is 0 Å². The molecule has 3 nitrogen and oxygen atoms in total. The predicted molar refractivity (Wildman–Crippen MR) is 73.4 cm³/mol. The van der Waals surface area contributed by atoms with Crippen LogP contribution in [-0.4, -0.2) is 47.5 Å². The molecule has 1 saturated heterocycles. The molecule has 0 spiro atoms. The van der Waals surface area contributed by atoms with Gasteiger partial charge < -0.3 is 15.1 Å². The van der Waals surface area contributed by atoms with Crippen molar-refractivity contribution in [2.45, 2.75) is 51.6 Å². The lowest BCUT2D eigenvalue weighted by Crippen LogP contribution is -2.38. The summed E-state index contributed by atoms with van der Waals surface area (Å²) in [7, 11) is 0. The zero-order chi connectivity index (χ0) is 13.0. The smallest absolute Gasteiger partial charge is 0.0580 e. The van der Waals surface area contributed by atoms with Crippen LogP contribution >= 0.6 is 0 Å². The molecule has 2 N–H and O–H groups in total. The van der Waals surface area contributed by atoms with E-state index in [-0.39, 0.29) is 6.10 Å². The van der Waals surface area contributed by atoms with Gasteiger partial charge in [0.05, 0.1) is 6.10 Å². The summed E-state index contributed by atoms with van der Waals surface area (Å²) in [6, 6.07) is 0. The number of nitrogens with zero attached hydrogens (tertiary/aromatic N) is 1. The van der Waals surface area contributed by atoms with Gasteiger partial charge in [0.15, 0.2) is 0 Å². The van der Waals surface area contributed by atoms with Crippen LogP contribution < -0.4 is 0 Å². The maximum atomic E-state index is 10.1. The summed E-state index contributed by atoms with van der Waals surface area (Å²) in [5.74, 6) is 1.99. The second-order valence-electron chi connectivity index (χ2n) is 6.34. The highest BCUT2D eigenvalue weighted by Crippen LogP contribution is 2.33. The molecule has 4 atom stereocenters. The molecule has 3 heteroatoms. The van der Waals surface area contributed by atoms with Gasteiger partial charge in [-0.25, -0.2) is 0 Å². The zero-order valence-electron chi connectivity index (χ0n) is 11.7. The molecule has 1 saturated carbocycles. The fourth-order valence-corrected chi connectivity index (χ4v) is 3.74. The molecule has 0 aromatic carbocycles. The van der Waals surface area contributed by atoms with Crippen LogP contribution in [0, 0.1) is 17.8 Å². The molecule has 2 aliphatic rings. The molecule has 1 heterocycles. The molecule has 106 valence electrons. The summed E-state index contributed by atoms with van der Waals surface area (Å²) in [5.41, 5.74) is 0. The summed E-state index contributed by atoms with van der Waals surface area (Å²) in [4.78, 5) is 2.51. The maximum absolute atomic E-state index is 10.1. The normalized spacial score (nSPS) is 38.2. The van der Waals surface area contributed by atoms with Gasteiger partial charge in [0.1, 0.15) is 0 Å². The third kappa shape index (κ3) is 3.69. The lowest BCUT2D eigenvalue weighted by atomic mass is 9.78. The largest absolute Gasteiger partial charge is 0.396 e. The van der Waals surface area contributed by atoms with Crippen LogP contribution in [0.15, 0.2) is 0 Å². The summed E-state index contributed by atoms with van der Waals surface area (Å²) < 4.78 is 0. The van der Waals surface area contributed by atoms with Gasteiger partial charge in [0.2, 0.25) is 0 Å². The van der Waals surface area contributed by atoms with Crippen molar-refractivity contribution in [2.24, 2.45) is 17.8 Å². The maximum Gasteiger partial charge on any atom is 0.0580 e. The molecule has 2 fully saturated rings. The lowest BCUT2D eigenvalue weighted by molar-refractivity contribution is 0.0299. The molecule has 0 aromatic rings. The van der Waals surface area contributed by atoms with Crippen LogP contribution in [-0.2, 0) is 0 Å². The summed E-state index contributed by atoms with van der Waals surface area (Å²) in [5, 5.41) is 19.1. The molecule has 0 amide bonds. The van der Waals surface area contributed by atoms with Crippen molar-refractivity contribution in [1.82, 2.24) is 4.90 Å². The van der Waals surface area contributed by atoms with Crippen molar-refractivity contribution in [3.63, 3.8) is 0 Å². The van der Waals surface area contributed by atoms with E-state index >= 15 is 0 Å². The highest BCUT2D eigenvalue weighted by atomic mass is 16.3. The fraction of sp³-hybridized carbons (Fsp3) is 1.00. The molecular formula is C15H29NO2. The Morgan fingerprint density at radius 3 is 2.72 bits per heavy atom. The van der Waals surface area contributed by atoms with E-state index in [2.05, 4.69) is 11.8 Å². The second kappa shape index (κ2) is 6.88. The Morgan fingerprint density at radius 2 is 2.00 bits per heavy atom. The quantitative estimate of drug-likeness (QED) is 0.788. The van der Waals surface area contributed by atoms with Crippen molar-refractivity contribution >= 4 is 0 Å². The van der Waals surface area contributed by atoms with Crippen LogP contribution in [0.4, 0.5) is 0 Å². The van der Waals surface area contributed by atoms with E-state index in [1.165, 1.54) is 25.7 Å². The molecule has 0 radical (unpaired) electrons. The first-order valence-corrected chi connectivity index (χ1v) is 7.74. The number of aliphatic hydroxyl groups is 2. The molecule has 0 bridgehead atoms. The van der Waals surface area contributed by atoms with E-state index in [0.29, 0.717) is 18.4 Å². The van der Waals surface area contributed by atoms with Crippen molar-refractivity contribution in [2.75, 3.05) is 26.2 Å². The highest BCUT2D eigenvalue weighted by molar-refractivity contribution is 4.84. The Kier molecular flexibility index (Phi) is 5.46. The van der Waals surface area contributed by atoms with Gasteiger partial charge in [-0.2, -0.15) is 0 Å². The van der Waals surface area contributed by atoms with E-state index in [1.54, 1.807) is 0 Å². The third-order valence-electron chi connectivity index (χ3n) is 5.03. The Balaban J connectivity index is 1.78. The van der Waals surface area contributed by atoms with Gasteiger partial charge in [0, 0.05) is 19.7 Å². The van der Waals surface area contributed by atoms with Gasteiger partial charge in [0.25, 0.3) is 0 Å². The van der Waals surface area contributed by atoms with Crippen LogP contribution in [0.2, 0.25) is 0 Å². The standard InChI is InChI=1S/C15H29NO2/c1-2-12-3-4-15(18)14(9-12)11-16-7-5-13(10-16)6-8-17/h12-15,17-18H,2-11H2,1H3. The summed E-state index contributed by atoms with van der Waals surface area (Å²) >= 11 is 0. The van der Waals surface area contributed by atoms with Crippen molar-refractivity contribution in [1.29, 1.82) is 0 Å². The first-order chi connectivity index (χ1) is 8.72. The van der Waals surface area contributed by atoms with Gasteiger partial charge in [-0.3, -0.25) is 0 Å². The SMILES string of the molecule is CCC1CCC(O)C(CN2CCC(CCO)C2)C1. The van der Waals surface area contributed by atoms with Crippen molar-refractivity contribution in [3.8, 4) is 0 Å². The average molecular weight is 255 g/mol. The van der Waals surface area contributed by atoms with Crippen LogP contribution in [0.3, 0.4) is 0 Å². The lowest BCUT2D eigenvalue weighted by Gasteiger charge is -2.35. The Morgan fingerprint density at radius 1 is 1.17 bits per heavy atom. The minimum atomic E-state index is -0.0790. The second-order valence-corrected chi connectivity index (χ2v) is 6.34. The molecule has 18 heavy (non-hydrogen) atoms. The van der Waals surface area contributed by atoms with E-state index in [0.717, 1.165) is 38.4 Å². The number of hydrogen-bond acceptors (Lipinski definition) is 3. The Labute approximate surface area is 111 Å². The number of aliphatic hydroxyl groups excluding tert-OH is 2. The first-order valence-electron chi connectivity index (χ1n) is 7.74. The summed E-state index contributed by atoms with van der Waals surface area (Å²) in [6.45, 7) is 5.94. The Hall–Kier alpha value is -0.120. The van der Waals surface area contributed by atoms with Gasteiger partial charge in [-0.15, -0.1) is 0 Å². The molecule has 1 aliphatic heterocycles. The Bertz CT molecular complexity index is 247. The van der Waals surface area contributed by atoms with Gasteiger partial charge in [-0.05, 0) is 56.4 Å².